The van der Waals surface area contributed by atoms with Crippen LogP contribution >= 0.6 is 0 Å². The second-order valence-electron chi connectivity index (χ2n) is 5.16. The van der Waals surface area contributed by atoms with Crippen molar-refractivity contribution in [2.75, 3.05) is 33.8 Å². The second-order valence-corrected chi connectivity index (χ2v) is 5.16. The quantitative estimate of drug-likeness (QED) is 0.687. The van der Waals surface area contributed by atoms with Gasteiger partial charge in [-0.2, -0.15) is 4.98 Å². The summed E-state index contributed by atoms with van der Waals surface area (Å²) in [5.41, 5.74) is 1.29. The molecule has 2 aromatic carbocycles. The van der Waals surface area contributed by atoms with Crippen LogP contribution in [0.4, 0.5) is 11.7 Å². The summed E-state index contributed by atoms with van der Waals surface area (Å²) >= 11 is 0. The van der Waals surface area contributed by atoms with Crippen molar-refractivity contribution in [2.24, 2.45) is 0 Å². The van der Waals surface area contributed by atoms with Gasteiger partial charge in [0, 0.05) is 6.07 Å². The number of aromatic nitrogens is 2. The van der Waals surface area contributed by atoms with Gasteiger partial charge in [0.25, 0.3) is 0 Å². The SMILES string of the molecule is COc1ccc(OC)c(Nc2nc(-c3cccc(OC)c3OC)no2)c1. The van der Waals surface area contributed by atoms with E-state index in [0.717, 1.165) is 0 Å². The molecule has 0 atom stereocenters. The number of para-hydroxylation sites is 1. The largest absolute Gasteiger partial charge is 0.497 e. The number of hydrogen-bond acceptors (Lipinski definition) is 8. The molecule has 3 rings (SSSR count). The zero-order valence-corrected chi connectivity index (χ0v) is 14.9. The molecule has 0 aliphatic rings. The Morgan fingerprint density at radius 2 is 1.69 bits per heavy atom. The van der Waals surface area contributed by atoms with E-state index in [1.165, 1.54) is 0 Å². The van der Waals surface area contributed by atoms with Crippen LogP contribution in [0.3, 0.4) is 0 Å². The van der Waals surface area contributed by atoms with Crippen molar-refractivity contribution in [3.8, 4) is 34.4 Å². The Kier molecular flexibility index (Phi) is 5.12. The van der Waals surface area contributed by atoms with Crippen LogP contribution in [0.15, 0.2) is 40.9 Å². The highest BCUT2D eigenvalue weighted by molar-refractivity contribution is 5.70. The molecule has 0 fully saturated rings. The molecule has 0 radical (unpaired) electrons. The van der Waals surface area contributed by atoms with Crippen LogP contribution in [-0.2, 0) is 0 Å². The fourth-order valence-corrected chi connectivity index (χ4v) is 2.47. The normalized spacial score (nSPS) is 10.3. The van der Waals surface area contributed by atoms with E-state index in [-0.39, 0.29) is 6.01 Å². The van der Waals surface area contributed by atoms with Gasteiger partial charge in [-0.05, 0) is 24.3 Å². The van der Waals surface area contributed by atoms with Gasteiger partial charge in [-0.25, -0.2) is 0 Å². The Morgan fingerprint density at radius 3 is 2.38 bits per heavy atom. The first kappa shape index (κ1) is 17.4. The summed E-state index contributed by atoms with van der Waals surface area (Å²) < 4.78 is 26.6. The minimum absolute atomic E-state index is 0.205. The molecule has 0 saturated heterocycles. The third-order valence-corrected chi connectivity index (χ3v) is 3.72. The van der Waals surface area contributed by atoms with Crippen LogP contribution in [0, 0.1) is 0 Å². The highest BCUT2D eigenvalue weighted by Gasteiger charge is 2.17. The highest BCUT2D eigenvalue weighted by atomic mass is 16.5. The monoisotopic (exact) mass is 357 g/mol. The molecule has 3 aromatic rings. The first-order chi connectivity index (χ1) is 12.7. The highest BCUT2D eigenvalue weighted by Crippen LogP contribution is 2.37. The fraction of sp³-hybridized carbons (Fsp3) is 0.222. The summed E-state index contributed by atoms with van der Waals surface area (Å²) in [6.07, 6.45) is 0. The van der Waals surface area contributed by atoms with Gasteiger partial charge >= 0.3 is 6.01 Å². The summed E-state index contributed by atoms with van der Waals surface area (Å²) in [5, 5.41) is 7.05. The van der Waals surface area contributed by atoms with E-state index in [2.05, 4.69) is 15.5 Å². The molecule has 0 amide bonds. The number of nitrogens with zero attached hydrogens (tertiary/aromatic N) is 2. The molecule has 1 aromatic heterocycles. The van der Waals surface area contributed by atoms with Gasteiger partial charge in [0.2, 0.25) is 5.82 Å². The molecule has 0 saturated carbocycles. The Balaban J connectivity index is 1.92. The van der Waals surface area contributed by atoms with Gasteiger partial charge in [-0.1, -0.05) is 11.2 Å². The van der Waals surface area contributed by atoms with E-state index in [1.807, 2.05) is 12.1 Å². The summed E-state index contributed by atoms with van der Waals surface area (Å²) in [6, 6.07) is 11.0. The lowest BCUT2D eigenvalue weighted by Gasteiger charge is -2.10. The van der Waals surface area contributed by atoms with E-state index in [4.69, 9.17) is 23.5 Å². The predicted molar refractivity (Wildman–Crippen MR) is 95.7 cm³/mol. The van der Waals surface area contributed by atoms with E-state index >= 15 is 0 Å². The number of hydrogen-bond donors (Lipinski definition) is 1. The van der Waals surface area contributed by atoms with Gasteiger partial charge in [-0.3, -0.25) is 0 Å². The van der Waals surface area contributed by atoms with E-state index in [0.29, 0.717) is 40.1 Å². The van der Waals surface area contributed by atoms with Crippen molar-refractivity contribution in [1.82, 2.24) is 10.1 Å². The van der Waals surface area contributed by atoms with Crippen LogP contribution in [0.25, 0.3) is 11.4 Å². The first-order valence-corrected chi connectivity index (χ1v) is 7.74. The molecule has 8 nitrogen and oxygen atoms in total. The molecular formula is C18H19N3O5. The number of nitrogens with one attached hydrogen (secondary N) is 1. The number of methoxy groups -OCH3 is 4. The van der Waals surface area contributed by atoms with Crippen molar-refractivity contribution in [2.45, 2.75) is 0 Å². The summed E-state index contributed by atoms with van der Waals surface area (Å²) in [5.74, 6) is 2.76. The zero-order valence-electron chi connectivity index (χ0n) is 14.9. The third-order valence-electron chi connectivity index (χ3n) is 3.72. The van der Waals surface area contributed by atoms with Crippen molar-refractivity contribution >= 4 is 11.7 Å². The maximum Gasteiger partial charge on any atom is 0.326 e. The minimum atomic E-state index is 0.205. The van der Waals surface area contributed by atoms with E-state index in [1.54, 1.807) is 52.7 Å². The Hall–Kier alpha value is -3.42. The van der Waals surface area contributed by atoms with E-state index < -0.39 is 0 Å². The number of anilines is 2. The number of rotatable bonds is 7. The van der Waals surface area contributed by atoms with E-state index in [9.17, 15) is 0 Å². The molecule has 136 valence electrons. The van der Waals surface area contributed by atoms with Gasteiger partial charge in [0.15, 0.2) is 11.5 Å². The number of ether oxygens (including phenoxy) is 4. The third kappa shape index (κ3) is 3.34. The lowest BCUT2D eigenvalue weighted by atomic mass is 10.2. The Bertz CT molecular complexity index is 894. The molecule has 0 bridgehead atoms. The molecule has 1 N–H and O–H groups in total. The molecule has 0 spiro atoms. The lowest BCUT2D eigenvalue weighted by Crippen LogP contribution is -1.96. The Labute approximate surface area is 150 Å². The van der Waals surface area contributed by atoms with Gasteiger partial charge in [-0.15, -0.1) is 0 Å². The Morgan fingerprint density at radius 1 is 0.885 bits per heavy atom. The average Bonchev–Trinajstić information content (AvgIpc) is 3.15. The maximum atomic E-state index is 5.41. The maximum absolute atomic E-state index is 5.41. The van der Waals surface area contributed by atoms with Crippen LogP contribution in [-0.4, -0.2) is 38.6 Å². The summed E-state index contributed by atoms with van der Waals surface area (Å²) in [4.78, 5) is 4.37. The topological polar surface area (TPSA) is 87.9 Å². The van der Waals surface area contributed by atoms with Gasteiger partial charge in [0.1, 0.15) is 11.5 Å². The molecule has 26 heavy (non-hydrogen) atoms. The average molecular weight is 357 g/mol. The van der Waals surface area contributed by atoms with Crippen LogP contribution < -0.4 is 24.3 Å². The van der Waals surface area contributed by atoms with Gasteiger partial charge in [0.05, 0.1) is 39.7 Å². The minimum Gasteiger partial charge on any atom is -0.497 e. The van der Waals surface area contributed by atoms with Crippen molar-refractivity contribution in [3.05, 3.63) is 36.4 Å². The first-order valence-electron chi connectivity index (χ1n) is 7.74. The molecule has 0 aliphatic heterocycles. The fourth-order valence-electron chi connectivity index (χ4n) is 2.47. The predicted octanol–water partition coefficient (Wildman–Crippen LogP) is 3.51. The van der Waals surface area contributed by atoms with Crippen LogP contribution in [0.2, 0.25) is 0 Å². The smallest absolute Gasteiger partial charge is 0.326 e. The van der Waals surface area contributed by atoms with Gasteiger partial charge < -0.3 is 28.8 Å². The lowest BCUT2D eigenvalue weighted by molar-refractivity contribution is 0.355. The second kappa shape index (κ2) is 7.64. The molecule has 0 aliphatic carbocycles. The standard InChI is InChI=1S/C18H19N3O5/c1-22-11-8-9-14(23-2)13(10-11)19-18-20-17(21-26-18)12-6-5-7-15(24-3)16(12)25-4/h5-10H,1-4H3,(H,19,20,21). The molecule has 1 heterocycles. The summed E-state index contributed by atoms with van der Waals surface area (Å²) in [6.45, 7) is 0. The molecule has 0 unspecified atom stereocenters. The van der Waals surface area contributed by atoms with Crippen molar-refractivity contribution in [3.63, 3.8) is 0 Å². The molecule has 8 heteroatoms. The molecular weight excluding hydrogens is 338 g/mol. The number of benzene rings is 2. The van der Waals surface area contributed by atoms with Crippen molar-refractivity contribution in [1.29, 1.82) is 0 Å². The summed E-state index contributed by atoms with van der Waals surface area (Å²) in [7, 11) is 6.29. The van der Waals surface area contributed by atoms with Crippen LogP contribution in [0.5, 0.6) is 23.0 Å². The van der Waals surface area contributed by atoms with Crippen LogP contribution in [0.1, 0.15) is 0 Å². The zero-order chi connectivity index (χ0) is 18.5. The van der Waals surface area contributed by atoms with Crippen molar-refractivity contribution < 1.29 is 23.5 Å².